The van der Waals surface area contributed by atoms with Gasteiger partial charge in [0.05, 0.1) is 6.26 Å². The normalized spacial score (nSPS) is 26.9. The molecule has 1 aromatic rings. The van der Waals surface area contributed by atoms with Crippen LogP contribution in [0.1, 0.15) is 11.8 Å². The number of aliphatic hydroxyl groups excluding tert-OH is 1. The number of hydrogen-bond donors (Lipinski definition) is 2. The van der Waals surface area contributed by atoms with Gasteiger partial charge in [-0.1, -0.05) is 0 Å². The third-order valence-electron chi connectivity index (χ3n) is 1.73. The Hall–Kier alpha value is 0.152. The van der Waals surface area contributed by atoms with Crippen LogP contribution in [-0.4, -0.2) is 17.1 Å². The summed E-state index contributed by atoms with van der Waals surface area (Å²) in [6.07, 6.45) is 0.563. The van der Waals surface area contributed by atoms with Gasteiger partial charge in [0.1, 0.15) is 11.8 Å². The number of β-lactam (4-membered cyclic amide) rings is 1. The number of aliphatic hydroxyl groups is 1. The van der Waals surface area contributed by atoms with Crippen LogP contribution >= 0.6 is 0 Å². The number of furan rings is 1. The van der Waals surface area contributed by atoms with Gasteiger partial charge in [-0.2, -0.15) is 0 Å². The van der Waals surface area contributed by atoms with Gasteiger partial charge >= 0.3 is 0 Å². The standard InChI is InChI=1S/C7H7NO3.Ac/c9-6-5(8-7(6)10)4-2-1-3-11-4;/h1-3,5-6,9H,(H,8,10);/t5-,6?;/m0./s1. The predicted octanol–water partition coefficient (Wildman–Crippen LogP) is -0.189. The molecule has 2 rings (SSSR count). The molecule has 61 valence electrons. The molecule has 5 heteroatoms. The van der Waals surface area contributed by atoms with Gasteiger partial charge in [-0.15, -0.1) is 0 Å². The van der Waals surface area contributed by atoms with Gasteiger partial charge in [-0.3, -0.25) is 4.79 Å². The van der Waals surface area contributed by atoms with E-state index in [1.54, 1.807) is 12.1 Å². The predicted molar refractivity (Wildman–Crippen MR) is 35.6 cm³/mol. The van der Waals surface area contributed by atoms with Crippen molar-refractivity contribution >= 4 is 5.91 Å². The van der Waals surface area contributed by atoms with E-state index in [-0.39, 0.29) is 56.0 Å². The van der Waals surface area contributed by atoms with E-state index in [1.807, 2.05) is 0 Å². The Balaban J connectivity index is 0.000000720. The number of nitrogens with one attached hydrogen (secondary N) is 1. The minimum atomic E-state index is -0.943. The monoisotopic (exact) mass is 380 g/mol. The molecule has 1 saturated heterocycles. The Morgan fingerprint density at radius 3 is 2.75 bits per heavy atom. The second-order valence-corrected chi connectivity index (χ2v) is 2.45. The van der Waals surface area contributed by atoms with Crippen LogP contribution in [0.25, 0.3) is 0 Å². The van der Waals surface area contributed by atoms with Crippen LogP contribution in [0.3, 0.4) is 0 Å². The van der Waals surface area contributed by atoms with Crippen molar-refractivity contribution in [2.24, 2.45) is 0 Å². The molecule has 1 amide bonds. The summed E-state index contributed by atoms with van der Waals surface area (Å²) in [7, 11) is 0. The van der Waals surface area contributed by atoms with Crippen LogP contribution in [-0.2, 0) is 4.79 Å². The van der Waals surface area contributed by atoms with E-state index in [0.717, 1.165) is 0 Å². The fourth-order valence-electron chi connectivity index (χ4n) is 1.07. The minimum absolute atomic E-state index is 0. The van der Waals surface area contributed by atoms with E-state index in [9.17, 15) is 4.79 Å². The fourth-order valence-corrected chi connectivity index (χ4v) is 1.07. The number of carbonyl (C=O) groups is 1. The van der Waals surface area contributed by atoms with E-state index >= 15 is 0 Å². The smallest absolute Gasteiger partial charge is 0.252 e. The third kappa shape index (κ3) is 1.59. The van der Waals surface area contributed by atoms with Crippen LogP contribution in [0, 0.1) is 44.1 Å². The molecule has 0 bridgehead atoms. The molecule has 0 aliphatic carbocycles. The number of carbonyl (C=O) groups excluding carboxylic acids is 1. The molecule has 1 aromatic heterocycles. The molecule has 1 aliphatic heterocycles. The molecule has 2 N–H and O–H groups in total. The minimum Gasteiger partial charge on any atom is -0.467 e. The van der Waals surface area contributed by atoms with Crippen molar-refractivity contribution in [1.82, 2.24) is 5.32 Å². The Bertz CT molecular complexity index is 272. The van der Waals surface area contributed by atoms with Crippen molar-refractivity contribution in [2.75, 3.05) is 0 Å². The molecule has 2 atom stereocenters. The first kappa shape index (κ1) is 10.2. The summed E-state index contributed by atoms with van der Waals surface area (Å²) < 4.78 is 4.98. The van der Waals surface area contributed by atoms with Gasteiger partial charge in [-0.05, 0) is 12.1 Å². The van der Waals surface area contributed by atoms with Gasteiger partial charge in [0.2, 0.25) is 0 Å². The first-order valence-electron chi connectivity index (χ1n) is 3.31. The first-order valence-corrected chi connectivity index (χ1v) is 3.31. The Kier molecular flexibility index (Phi) is 3.33. The van der Waals surface area contributed by atoms with E-state index in [4.69, 9.17) is 9.52 Å². The molecular weight excluding hydrogens is 373 g/mol. The topological polar surface area (TPSA) is 62.5 Å². The second-order valence-electron chi connectivity index (χ2n) is 2.45. The largest absolute Gasteiger partial charge is 0.467 e. The van der Waals surface area contributed by atoms with Crippen LogP contribution in [0.4, 0.5) is 0 Å². The molecule has 12 heavy (non-hydrogen) atoms. The molecular formula is C7H7AcNO3. The summed E-state index contributed by atoms with van der Waals surface area (Å²) in [5.41, 5.74) is 0. The van der Waals surface area contributed by atoms with Crippen LogP contribution in [0.2, 0.25) is 0 Å². The zero-order chi connectivity index (χ0) is 7.84. The van der Waals surface area contributed by atoms with E-state index < -0.39 is 6.10 Å². The number of amides is 1. The van der Waals surface area contributed by atoms with Crippen molar-refractivity contribution in [1.29, 1.82) is 0 Å². The zero-order valence-corrected chi connectivity index (χ0v) is 11.0. The maximum atomic E-state index is 10.5. The summed E-state index contributed by atoms with van der Waals surface area (Å²) in [6.45, 7) is 0. The maximum Gasteiger partial charge on any atom is 0.252 e. The van der Waals surface area contributed by atoms with E-state index in [0.29, 0.717) is 5.76 Å². The van der Waals surface area contributed by atoms with Gasteiger partial charge in [0.25, 0.3) is 5.91 Å². The summed E-state index contributed by atoms with van der Waals surface area (Å²) in [4.78, 5) is 10.5. The van der Waals surface area contributed by atoms with Crippen LogP contribution < -0.4 is 5.32 Å². The summed E-state index contributed by atoms with van der Waals surface area (Å²) in [5.74, 6) is 0.253. The van der Waals surface area contributed by atoms with Crippen LogP contribution in [0.5, 0.6) is 0 Å². The molecule has 1 fully saturated rings. The molecule has 1 unspecified atom stereocenters. The zero-order valence-electron chi connectivity index (χ0n) is 6.23. The van der Waals surface area contributed by atoms with Crippen molar-refractivity contribution in [3.8, 4) is 0 Å². The maximum absolute atomic E-state index is 10.5. The summed E-state index contributed by atoms with van der Waals surface area (Å²) >= 11 is 0. The fraction of sp³-hybridized carbons (Fsp3) is 0.286. The SMILES string of the molecule is O=C1N[C@@H](c2ccco2)C1O.[Ac]. The summed E-state index contributed by atoms with van der Waals surface area (Å²) in [5, 5.41) is 11.6. The molecule has 1 aliphatic rings. The average Bonchev–Trinajstić information content (AvgIpc) is 2.51. The summed E-state index contributed by atoms with van der Waals surface area (Å²) in [6, 6.07) is 3.08. The molecule has 0 spiro atoms. The molecule has 1 radical (unpaired) electrons. The van der Waals surface area contributed by atoms with Crippen LogP contribution in [0.15, 0.2) is 22.8 Å². The first-order chi connectivity index (χ1) is 5.29. The molecule has 0 saturated carbocycles. The molecule has 4 nitrogen and oxygen atoms in total. The Morgan fingerprint density at radius 2 is 2.33 bits per heavy atom. The van der Waals surface area contributed by atoms with Gasteiger partial charge < -0.3 is 14.8 Å². The quantitative estimate of drug-likeness (QED) is 0.665. The van der Waals surface area contributed by atoms with E-state index in [1.165, 1.54) is 6.26 Å². The number of rotatable bonds is 1. The number of hydrogen-bond acceptors (Lipinski definition) is 3. The third-order valence-corrected chi connectivity index (χ3v) is 1.73. The van der Waals surface area contributed by atoms with Gasteiger partial charge in [0, 0.05) is 44.1 Å². The van der Waals surface area contributed by atoms with Crippen molar-refractivity contribution < 1.29 is 58.4 Å². The Labute approximate surface area is 105 Å². The van der Waals surface area contributed by atoms with E-state index in [2.05, 4.69) is 5.32 Å². The van der Waals surface area contributed by atoms with Crippen molar-refractivity contribution in [3.63, 3.8) is 0 Å². The van der Waals surface area contributed by atoms with Crippen molar-refractivity contribution in [3.05, 3.63) is 24.2 Å². The average molecular weight is 380 g/mol. The molecule has 2 heterocycles. The Morgan fingerprint density at radius 1 is 1.58 bits per heavy atom. The molecule has 0 aromatic carbocycles. The van der Waals surface area contributed by atoms with Gasteiger partial charge in [-0.25, -0.2) is 0 Å². The second kappa shape index (κ2) is 3.91. The van der Waals surface area contributed by atoms with Gasteiger partial charge in [0.15, 0.2) is 6.10 Å². The van der Waals surface area contributed by atoms with Crippen molar-refractivity contribution in [2.45, 2.75) is 12.1 Å².